The summed E-state index contributed by atoms with van der Waals surface area (Å²) in [7, 11) is 0. The van der Waals surface area contributed by atoms with E-state index in [4.69, 9.17) is 27.3 Å². The molecule has 0 spiro atoms. The highest BCUT2D eigenvalue weighted by Gasteiger charge is 2.10. The predicted octanol–water partition coefficient (Wildman–Crippen LogP) is 3.32. The summed E-state index contributed by atoms with van der Waals surface area (Å²) >= 11 is 9.36. The molecule has 0 aliphatic carbocycles. The van der Waals surface area contributed by atoms with Gasteiger partial charge in [0.05, 0.1) is 40.9 Å². The van der Waals surface area contributed by atoms with E-state index in [1.54, 1.807) is 24.4 Å². The maximum Gasteiger partial charge on any atom is 0.263 e. The molecule has 3 rings (SSSR count). The Bertz CT molecular complexity index is 920. The predicted molar refractivity (Wildman–Crippen MR) is 87.5 cm³/mol. The Morgan fingerprint density at radius 3 is 2.91 bits per heavy atom. The smallest absolute Gasteiger partial charge is 0.263 e. The highest BCUT2D eigenvalue weighted by Crippen LogP contribution is 2.27. The summed E-state index contributed by atoms with van der Waals surface area (Å²) in [6.45, 7) is 0. The quantitative estimate of drug-likeness (QED) is 0.734. The molecule has 2 aromatic heterocycles. The summed E-state index contributed by atoms with van der Waals surface area (Å²) in [5.74, 6) is 0.756. The maximum atomic E-state index is 8.86. The van der Waals surface area contributed by atoms with Crippen molar-refractivity contribution in [3.8, 4) is 23.4 Å². The Hall–Kier alpha value is -2.63. The van der Waals surface area contributed by atoms with Gasteiger partial charge in [-0.3, -0.25) is 0 Å². The summed E-state index contributed by atoms with van der Waals surface area (Å²) in [6.07, 6.45) is 4.59. The zero-order valence-electron chi connectivity index (χ0n) is 11.4. The lowest BCUT2D eigenvalue weighted by atomic mass is 10.2. The van der Waals surface area contributed by atoms with Gasteiger partial charge in [-0.15, -0.1) is 0 Å². The van der Waals surface area contributed by atoms with Crippen LogP contribution in [0.3, 0.4) is 0 Å². The summed E-state index contributed by atoms with van der Waals surface area (Å²) in [4.78, 5) is 8.04. The Kier molecular flexibility index (Phi) is 4.14. The minimum atomic E-state index is 0.164. The fourth-order valence-corrected chi connectivity index (χ4v) is 2.33. The Morgan fingerprint density at radius 2 is 2.17 bits per heavy atom. The number of nitriles is 1. The third-order valence-electron chi connectivity index (χ3n) is 2.83. The second kappa shape index (κ2) is 6.24. The molecule has 7 nitrogen and oxygen atoms in total. The van der Waals surface area contributed by atoms with Crippen LogP contribution in [0.5, 0.6) is 11.6 Å². The van der Waals surface area contributed by atoms with Crippen LogP contribution >= 0.6 is 27.5 Å². The van der Waals surface area contributed by atoms with Gasteiger partial charge < -0.3 is 10.5 Å². The molecule has 0 saturated heterocycles. The van der Waals surface area contributed by atoms with Crippen molar-refractivity contribution < 1.29 is 4.74 Å². The number of halogens is 2. The van der Waals surface area contributed by atoms with E-state index in [9.17, 15) is 0 Å². The third kappa shape index (κ3) is 3.26. The summed E-state index contributed by atoms with van der Waals surface area (Å²) in [6, 6.07) is 6.94. The molecule has 0 aliphatic heterocycles. The van der Waals surface area contributed by atoms with Gasteiger partial charge in [-0.25, -0.2) is 14.6 Å². The first kappa shape index (κ1) is 15.3. The Morgan fingerprint density at radius 1 is 1.35 bits per heavy atom. The molecular formula is C14H8BrClN6O. The van der Waals surface area contributed by atoms with Crippen molar-refractivity contribution in [3.05, 3.63) is 52.0 Å². The van der Waals surface area contributed by atoms with Crippen LogP contribution in [0.4, 0.5) is 5.82 Å². The molecule has 23 heavy (non-hydrogen) atoms. The van der Waals surface area contributed by atoms with Crippen molar-refractivity contribution >= 4 is 33.3 Å². The monoisotopic (exact) mass is 390 g/mol. The van der Waals surface area contributed by atoms with Crippen molar-refractivity contribution in [2.24, 2.45) is 0 Å². The van der Waals surface area contributed by atoms with Crippen LogP contribution in [0.2, 0.25) is 5.02 Å². The van der Waals surface area contributed by atoms with E-state index in [2.05, 4.69) is 31.0 Å². The van der Waals surface area contributed by atoms with Crippen LogP contribution in [0.15, 0.2) is 41.4 Å². The molecule has 3 aromatic rings. The van der Waals surface area contributed by atoms with E-state index < -0.39 is 0 Å². The zero-order valence-corrected chi connectivity index (χ0v) is 13.8. The van der Waals surface area contributed by atoms with Crippen molar-refractivity contribution in [1.29, 1.82) is 5.26 Å². The first-order chi connectivity index (χ1) is 11.1. The highest BCUT2D eigenvalue weighted by atomic mass is 79.9. The van der Waals surface area contributed by atoms with Gasteiger partial charge in [-0.1, -0.05) is 11.6 Å². The van der Waals surface area contributed by atoms with E-state index in [0.29, 0.717) is 26.6 Å². The van der Waals surface area contributed by atoms with Gasteiger partial charge in [0.2, 0.25) is 0 Å². The highest BCUT2D eigenvalue weighted by molar-refractivity contribution is 9.10. The number of nitrogen functional groups attached to an aromatic ring is 1. The number of rotatable bonds is 3. The van der Waals surface area contributed by atoms with E-state index in [0.717, 1.165) is 0 Å². The largest absolute Gasteiger partial charge is 0.433 e. The average Bonchev–Trinajstić information content (AvgIpc) is 2.99. The van der Waals surface area contributed by atoms with Gasteiger partial charge in [0.25, 0.3) is 5.88 Å². The summed E-state index contributed by atoms with van der Waals surface area (Å²) in [5, 5.41) is 13.4. The lowest BCUT2D eigenvalue weighted by Gasteiger charge is -2.05. The van der Waals surface area contributed by atoms with Gasteiger partial charge in [0.15, 0.2) is 11.6 Å². The Balaban J connectivity index is 1.89. The van der Waals surface area contributed by atoms with Crippen molar-refractivity contribution in [2.45, 2.75) is 0 Å². The van der Waals surface area contributed by atoms with Gasteiger partial charge in [0.1, 0.15) is 4.60 Å². The standard InChI is InChI=1S/C14H8BrClN6O/c15-12-6-19-13(18)14(21-12)23-9-5-20-22(7-9)11-2-1-8(4-17)3-10(11)16/h1-3,5-7H,(H2,18,19). The SMILES string of the molecule is N#Cc1ccc(-n2cc(Oc3nc(Br)cnc3N)cn2)c(Cl)c1. The molecule has 0 amide bonds. The molecule has 0 fully saturated rings. The maximum absolute atomic E-state index is 8.86. The topological polar surface area (TPSA) is 103 Å². The molecule has 114 valence electrons. The molecule has 2 N–H and O–H groups in total. The summed E-state index contributed by atoms with van der Waals surface area (Å²) in [5.41, 5.74) is 6.80. The lowest BCUT2D eigenvalue weighted by Crippen LogP contribution is -1.98. The van der Waals surface area contributed by atoms with E-state index in [1.165, 1.54) is 17.1 Å². The molecule has 0 atom stereocenters. The van der Waals surface area contributed by atoms with Crippen LogP contribution in [-0.2, 0) is 0 Å². The second-order valence-corrected chi connectivity index (χ2v) is 5.60. The van der Waals surface area contributed by atoms with Crippen LogP contribution < -0.4 is 10.5 Å². The lowest BCUT2D eigenvalue weighted by molar-refractivity contribution is 0.462. The average molecular weight is 392 g/mol. The van der Waals surface area contributed by atoms with E-state index in [-0.39, 0.29) is 11.7 Å². The zero-order chi connectivity index (χ0) is 16.4. The number of anilines is 1. The van der Waals surface area contributed by atoms with Crippen molar-refractivity contribution in [1.82, 2.24) is 19.7 Å². The number of nitrogens with zero attached hydrogens (tertiary/aromatic N) is 5. The van der Waals surface area contributed by atoms with Gasteiger partial charge in [-0.05, 0) is 34.1 Å². The molecule has 9 heteroatoms. The molecule has 0 bridgehead atoms. The molecule has 0 radical (unpaired) electrons. The van der Waals surface area contributed by atoms with Gasteiger partial charge in [0, 0.05) is 0 Å². The van der Waals surface area contributed by atoms with E-state index >= 15 is 0 Å². The van der Waals surface area contributed by atoms with Crippen LogP contribution in [0.1, 0.15) is 5.56 Å². The molecular weight excluding hydrogens is 384 g/mol. The molecule has 1 aromatic carbocycles. The van der Waals surface area contributed by atoms with Crippen LogP contribution in [0, 0.1) is 11.3 Å². The van der Waals surface area contributed by atoms with Crippen LogP contribution in [-0.4, -0.2) is 19.7 Å². The molecule has 0 saturated carbocycles. The third-order valence-corrected chi connectivity index (χ3v) is 3.52. The minimum absolute atomic E-state index is 0.164. The Labute approximate surface area is 144 Å². The number of benzene rings is 1. The van der Waals surface area contributed by atoms with Gasteiger partial charge in [-0.2, -0.15) is 10.4 Å². The number of hydrogen-bond acceptors (Lipinski definition) is 6. The first-order valence-electron chi connectivity index (χ1n) is 6.27. The van der Waals surface area contributed by atoms with Crippen LogP contribution in [0.25, 0.3) is 5.69 Å². The number of hydrogen-bond donors (Lipinski definition) is 1. The fourth-order valence-electron chi connectivity index (χ4n) is 1.80. The number of nitrogens with two attached hydrogens (primary N) is 1. The van der Waals surface area contributed by atoms with Crippen molar-refractivity contribution in [2.75, 3.05) is 5.73 Å². The minimum Gasteiger partial charge on any atom is -0.433 e. The van der Waals surface area contributed by atoms with Crippen molar-refractivity contribution in [3.63, 3.8) is 0 Å². The molecule has 0 unspecified atom stereocenters. The molecule has 0 aliphatic rings. The van der Waals surface area contributed by atoms with Gasteiger partial charge >= 0.3 is 0 Å². The normalized spacial score (nSPS) is 10.3. The molecule has 2 heterocycles. The number of aromatic nitrogens is 4. The fraction of sp³-hybridized carbons (Fsp3) is 0. The number of ether oxygens (including phenoxy) is 1. The summed E-state index contributed by atoms with van der Waals surface area (Å²) < 4.78 is 7.60. The van der Waals surface area contributed by atoms with E-state index in [1.807, 2.05) is 6.07 Å². The first-order valence-corrected chi connectivity index (χ1v) is 7.44. The second-order valence-electron chi connectivity index (χ2n) is 4.38.